The van der Waals surface area contributed by atoms with E-state index in [1.165, 1.54) is 6.07 Å². The van der Waals surface area contributed by atoms with E-state index in [4.69, 9.17) is 27.9 Å². The van der Waals surface area contributed by atoms with Crippen molar-refractivity contribution in [2.75, 3.05) is 32.8 Å². The molecule has 0 saturated carbocycles. The highest BCUT2D eigenvalue weighted by atomic mass is 35.5. The summed E-state index contributed by atoms with van der Waals surface area (Å²) in [5.74, 6) is -0.277. The third-order valence-corrected chi connectivity index (χ3v) is 3.51. The number of aromatic nitrogens is 2. The van der Waals surface area contributed by atoms with Crippen molar-refractivity contribution in [2.24, 2.45) is 0 Å². The Kier molecular flexibility index (Phi) is 5.19. The predicted octanol–water partition coefficient (Wildman–Crippen LogP) is 1.70. The maximum absolute atomic E-state index is 12.4. The lowest BCUT2D eigenvalue weighted by molar-refractivity contribution is 0.0570. The van der Waals surface area contributed by atoms with E-state index in [0.29, 0.717) is 32.8 Å². The van der Waals surface area contributed by atoms with Crippen molar-refractivity contribution >= 4 is 35.2 Å². The Morgan fingerprint density at radius 3 is 2.43 bits per heavy atom. The van der Waals surface area contributed by atoms with Gasteiger partial charge in [0.25, 0.3) is 5.91 Å². The second-order valence-electron chi connectivity index (χ2n) is 4.35. The first-order chi connectivity index (χ1) is 10.0. The van der Waals surface area contributed by atoms with Crippen LogP contribution in [0.1, 0.15) is 17.3 Å². The first kappa shape index (κ1) is 15.8. The lowest BCUT2D eigenvalue weighted by atomic mass is 10.2. The average Bonchev–Trinajstić information content (AvgIpc) is 2.49. The van der Waals surface area contributed by atoms with Crippen LogP contribution in [0.4, 0.5) is 4.79 Å². The maximum Gasteiger partial charge on any atom is 0.409 e. The Morgan fingerprint density at radius 2 is 1.81 bits per heavy atom. The molecule has 21 heavy (non-hydrogen) atoms. The van der Waals surface area contributed by atoms with Gasteiger partial charge in [-0.1, -0.05) is 23.2 Å². The van der Waals surface area contributed by atoms with E-state index >= 15 is 0 Å². The number of halogens is 2. The van der Waals surface area contributed by atoms with Crippen molar-refractivity contribution in [1.29, 1.82) is 0 Å². The van der Waals surface area contributed by atoms with Crippen molar-refractivity contribution in [2.45, 2.75) is 6.92 Å². The molecule has 2 heterocycles. The summed E-state index contributed by atoms with van der Waals surface area (Å²) in [5, 5.41) is 7.30. The summed E-state index contributed by atoms with van der Waals surface area (Å²) >= 11 is 11.6. The molecule has 0 aliphatic carbocycles. The lowest BCUT2D eigenvalue weighted by Gasteiger charge is -2.34. The minimum absolute atomic E-state index is 0.0113. The van der Waals surface area contributed by atoms with Gasteiger partial charge in [-0.05, 0) is 13.0 Å². The third kappa shape index (κ3) is 3.74. The van der Waals surface area contributed by atoms with Crippen LogP contribution in [-0.2, 0) is 4.74 Å². The summed E-state index contributed by atoms with van der Waals surface area (Å²) in [6, 6.07) is 1.39. The highest BCUT2D eigenvalue weighted by molar-refractivity contribution is 6.34. The van der Waals surface area contributed by atoms with Crippen LogP contribution in [0.25, 0.3) is 0 Å². The van der Waals surface area contributed by atoms with Gasteiger partial charge in [0.2, 0.25) is 0 Å². The number of nitrogens with zero attached hydrogens (tertiary/aromatic N) is 4. The summed E-state index contributed by atoms with van der Waals surface area (Å²) in [4.78, 5) is 27.1. The Bertz CT molecular complexity index is 547. The molecule has 7 nitrogen and oxygen atoms in total. The Balaban J connectivity index is 2.00. The largest absolute Gasteiger partial charge is 0.450 e. The normalized spacial score (nSPS) is 15.0. The first-order valence-corrected chi connectivity index (χ1v) is 7.18. The zero-order chi connectivity index (χ0) is 15.4. The Morgan fingerprint density at radius 1 is 1.19 bits per heavy atom. The van der Waals surface area contributed by atoms with Crippen molar-refractivity contribution in [1.82, 2.24) is 20.0 Å². The molecule has 0 aromatic carbocycles. The van der Waals surface area contributed by atoms with Crippen LogP contribution in [0.2, 0.25) is 10.3 Å². The molecule has 1 aromatic heterocycles. The fourth-order valence-corrected chi connectivity index (χ4v) is 2.30. The van der Waals surface area contributed by atoms with E-state index in [1.807, 2.05) is 0 Å². The van der Waals surface area contributed by atoms with Gasteiger partial charge in [0, 0.05) is 26.2 Å². The molecular formula is C12H14Cl2N4O3. The van der Waals surface area contributed by atoms with Gasteiger partial charge in [-0.15, -0.1) is 10.2 Å². The van der Waals surface area contributed by atoms with Crippen molar-refractivity contribution in [3.63, 3.8) is 0 Å². The minimum Gasteiger partial charge on any atom is -0.450 e. The fourth-order valence-electron chi connectivity index (χ4n) is 1.98. The van der Waals surface area contributed by atoms with Crippen LogP contribution >= 0.6 is 23.2 Å². The number of hydrogen-bond acceptors (Lipinski definition) is 5. The Hall–Kier alpha value is -1.60. The van der Waals surface area contributed by atoms with Crippen LogP contribution in [0.15, 0.2) is 6.07 Å². The minimum atomic E-state index is -0.365. The molecule has 9 heteroatoms. The molecule has 1 aliphatic heterocycles. The highest BCUT2D eigenvalue weighted by Gasteiger charge is 2.27. The lowest BCUT2D eigenvalue weighted by Crippen LogP contribution is -2.50. The van der Waals surface area contributed by atoms with Crippen LogP contribution in [0, 0.1) is 0 Å². The molecule has 2 amide bonds. The molecule has 2 rings (SSSR count). The SMILES string of the molecule is CCOC(=O)N1CCN(C(=O)c2cc(Cl)nnc2Cl)CC1. The number of carbonyl (C=O) groups is 2. The molecule has 0 unspecified atom stereocenters. The zero-order valence-electron chi connectivity index (χ0n) is 11.4. The van der Waals surface area contributed by atoms with Crippen LogP contribution in [0.3, 0.4) is 0 Å². The highest BCUT2D eigenvalue weighted by Crippen LogP contribution is 2.18. The predicted molar refractivity (Wildman–Crippen MR) is 76.6 cm³/mol. The zero-order valence-corrected chi connectivity index (χ0v) is 12.9. The van der Waals surface area contributed by atoms with Crippen LogP contribution in [-0.4, -0.2) is 64.8 Å². The van der Waals surface area contributed by atoms with Gasteiger partial charge in [-0.25, -0.2) is 4.79 Å². The quantitative estimate of drug-likeness (QED) is 0.823. The maximum atomic E-state index is 12.4. The number of ether oxygens (including phenoxy) is 1. The fraction of sp³-hybridized carbons (Fsp3) is 0.500. The standard InChI is InChI=1S/C12H14Cl2N4O3/c1-2-21-12(20)18-5-3-17(4-6-18)11(19)8-7-9(13)15-16-10(8)14/h7H,2-6H2,1H3. The number of amides is 2. The van der Waals surface area contributed by atoms with Gasteiger partial charge in [0.15, 0.2) is 10.3 Å². The molecule has 1 aliphatic rings. The summed E-state index contributed by atoms with van der Waals surface area (Å²) in [5.41, 5.74) is 0.209. The number of piperazine rings is 1. The second-order valence-corrected chi connectivity index (χ2v) is 5.09. The molecule has 1 fully saturated rings. The summed E-state index contributed by atoms with van der Waals surface area (Å²) in [6.07, 6.45) is -0.365. The van der Waals surface area contributed by atoms with Crippen LogP contribution in [0.5, 0.6) is 0 Å². The molecular weight excluding hydrogens is 319 g/mol. The van der Waals surface area contributed by atoms with E-state index in [2.05, 4.69) is 10.2 Å². The van der Waals surface area contributed by atoms with E-state index in [0.717, 1.165) is 0 Å². The third-order valence-electron chi connectivity index (χ3n) is 3.04. The number of rotatable bonds is 2. The molecule has 1 saturated heterocycles. The number of carbonyl (C=O) groups excluding carboxylic acids is 2. The molecule has 1 aromatic rings. The molecule has 114 valence electrons. The molecule has 0 N–H and O–H groups in total. The van der Waals surface area contributed by atoms with Gasteiger partial charge < -0.3 is 14.5 Å². The summed E-state index contributed by atoms with van der Waals surface area (Å²) in [6.45, 7) is 3.69. The van der Waals surface area contributed by atoms with E-state index < -0.39 is 0 Å². The topological polar surface area (TPSA) is 75.6 Å². The molecule has 0 radical (unpaired) electrons. The van der Waals surface area contributed by atoms with E-state index in [1.54, 1.807) is 16.7 Å². The summed E-state index contributed by atoms with van der Waals surface area (Å²) in [7, 11) is 0. The molecule has 0 atom stereocenters. The van der Waals surface area contributed by atoms with Crippen LogP contribution < -0.4 is 0 Å². The smallest absolute Gasteiger partial charge is 0.409 e. The summed E-state index contributed by atoms with van der Waals surface area (Å²) < 4.78 is 4.92. The van der Waals surface area contributed by atoms with Crippen molar-refractivity contribution in [3.8, 4) is 0 Å². The first-order valence-electron chi connectivity index (χ1n) is 6.42. The van der Waals surface area contributed by atoms with Crippen molar-refractivity contribution < 1.29 is 14.3 Å². The molecule has 0 bridgehead atoms. The van der Waals surface area contributed by atoms with Gasteiger partial charge in [0.1, 0.15) is 0 Å². The van der Waals surface area contributed by atoms with E-state index in [-0.39, 0.29) is 27.9 Å². The number of hydrogen-bond donors (Lipinski definition) is 0. The average molecular weight is 333 g/mol. The molecule has 0 spiro atoms. The van der Waals surface area contributed by atoms with Crippen molar-refractivity contribution in [3.05, 3.63) is 21.9 Å². The van der Waals surface area contributed by atoms with E-state index in [9.17, 15) is 9.59 Å². The Labute approximate surface area is 131 Å². The van der Waals surface area contributed by atoms with Gasteiger partial charge in [0.05, 0.1) is 12.2 Å². The van der Waals surface area contributed by atoms with Gasteiger partial charge in [-0.3, -0.25) is 4.79 Å². The van der Waals surface area contributed by atoms with Gasteiger partial charge >= 0.3 is 6.09 Å². The second kappa shape index (κ2) is 6.91. The monoisotopic (exact) mass is 332 g/mol. The van der Waals surface area contributed by atoms with Gasteiger partial charge in [-0.2, -0.15) is 0 Å².